The third kappa shape index (κ3) is 5.50. The van der Waals surface area contributed by atoms with Crippen LogP contribution in [0.2, 0.25) is 0 Å². The number of sulfonamides is 1. The fraction of sp³-hybridized carbons (Fsp3) is 0.333. The Bertz CT molecular complexity index is 952. The summed E-state index contributed by atoms with van der Waals surface area (Å²) < 4.78 is 32.5. The third-order valence-electron chi connectivity index (χ3n) is 4.43. The van der Waals surface area contributed by atoms with Gasteiger partial charge in [-0.2, -0.15) is 4.72 Å². The minimum atomic E-state index is -3.89. The van der Waals surface area contributed by atoms with Gasteiger partial charge in [0.15, 0.2) is 12.4 Å². The van der Waals surface area contributed by atoms with Crippen LogP contribution in [0.5, 0.6) is 0 Å². The first kappa shape index (κ1) is 21.8. The molecular weight excluding hydrogens is 378 g/mol. The molecule has 1 N–H and O–H groups in total. The van der Waals surface area contributed by atoms with Crippen LogP contribution in [0.1, 0.15) is 35.3 Å². The molecule has 150 valence electrons. The van der Waals surface area contributed by atoms with Crippen LogP contribution < -0.4 is 4.72 Å². The molecule has 7 heteroatoms. The van der Waals surface area contributed by atoms with Crippen LogP contribution in [0, 0.1) is 19.8 Å². The van der Waals surface area contributed by atoms with E-state index in [1.165, 1.54) is 12.1 Å². The smallest absolute Gasteiger partial charge is 0.324 e. The summed E-state index contributed by atoms with van der Waals surface area (Å²) >= 11 is 0. The Kier molecular flexibility index (Phi) is 7.10. The molecule has 1 atom stereocenters. The second-order valence-electron chi connectivity index (χ2n) is 6.99. The van der Waals surface area contributed by atoms with Gasteiger partial charge in [-0.1, -0.05) is 44.2 Å². The molecule has 0 aliphatic rings. The van der Waals surface area contributed by atoms with Gasteiger partial charge in [-0.15, -0.1) is 0 Å². The van der Waals surface area contributed by atoms with Gasteiger partial charge in [0.1, 0.15) is 6.04 Å². The molecule has 0 saturated heterocycles. The van der Waals surface area contributed by atoms with E-state index in [0.717, 1.165) is 11.1 Å². The summed E-state index contributed by atoms with van der Waals surface area (Å²) in [6.45, 7) is 6.79. The quantitative estimate of drug-likeness (QED) is 0.541. The lowest BCUT2D eigenvalue weighted by molar-refractivity contribution is -0.145. The van der Waals surface area contributed by atoms with Gasteiger partial charge in [0.2, 0.25) is 10.0 Å². The van der Waals surface area contributed by atoms with Crippen LogP contribution in [-0.4, -0.2) is 32.8 Å². The Morgan fingerprint density at radius 2 is 1.64 bits per heavy atom. The number of aryl methyl sites for hydroxylation is 2. The maximum atomic E-state index is 12.5. The summed E-state index contributed by atoms with van der Waals surface area (Å²) in [4.78, 5) is 24.8. The van der Waals surface area contributed by atoms with Crippen LogP contribution in [0.3, 0.4) is 0 Å². The molecular formula is C21H25NO5S. The predicted octanol–water partition coefficient (Wildman–Crippen LogP) is 3.03. The van der Waals surface area contributed by atoms with Crippen molar-refractivity contribution in [1.82, 2.24) is 4.72 Å². The molecule has 2 aromatic rings. The van der Waals surface area contributed by atoms with E-state index < -0.39 is 28.6 Å². The summed E-state index contributed by atoms with van der Waals surface area (Å²) in [5.74, 6) is -1.49. The molecule has 0 unspecified atom stereocenters. The number of hydrogen-bond acceptors (Lipinski definition) is 5. The van der Waals surface area contributed by atoms with Crippen molar-refractivity contribution >= 4 is 21.8 Å². The van der Waals surface area contributed by atoms with Gasteiger partial charge in [0, 0.05) is 5.56 Å². The molecule has 0 bridgehead atoms. The van der Waals surface area contributed by atoms with E-state index in [1.54, 1.807) is 44.2 Å². The summed E-state index contributed by atoms with van der Waals surface area (Å²) in [5.41, 5.74) is 2.47. The molecule has 0 amide bonds. The second kappa shape index (κ2) is 9.12. The maximum Gasteiger partial charge on any atom is 0.324 e. The molecule has 0 aliphatic carbocycles. The largest absolute Gasteiger partial charge is 0.456 e. The maximum absolute atomic E-state index is 12.5. The van der Waals surface area contributed by atoms with Gasteiger partial charge in [0.05, 0.1) is 4.90 Å². The minimum Gasteiger partial charge on any atom is -0.456 e. The van der Waals surface area contributed by atoms with Crippen LogP contribution in [0.4, 0.5) is 0 Å². The van der Waals surface area contributed by atoms with Crippen LogP contribution >= 0.6 is 0 Å². The first-order chi connectivity index (χ1) is 13.1. The Hall–Kier alpha value is -2.51. The molecule has 0 fully saturated rings. The number of nitrogens with one attached hydrogen (secondary N) is 1. The first-order valence-electron chi connectivity index (χ1n) is 8.96. The average molecular weight is 404 g/mol. The summed E-state index contributed by atoms with van der Waals surface area (Å²) in [6.07, 6.45) is 0. The highest BCUT2D eigenvalue weighted by molar-refractivity contribution is 7.89. The number of hydrogen-bond donors (Lipinski definition) is 1. The highest BCUT2D eigenvalue weighted by Crippen LogP contribution is 2.14. The lowest BCUT2D eigenvalue weighted by Crippen LogP contribution is -2.45. The van der Waals surface area contributed by atoms with Crippen molar-refractivity contribution in [2.45, 2.75) is 38.6 Å². The molecule has 0 saturated carbocycles. The van der Waals surface area contributed by atoms with E-state index in [9.17, 15) is 18.0 Å². The van der Waals surface area contributed by atoms with E-state index in [1.807, 2.05) is 19.9 Å². The van der Waals surface area contributed by atoms with E-state index >= 15 is 0 Å². The first-order valence-corrected chi connectivity index (χ1v) is 10.4. The lowest BCUT2D eigenvalue weighted by atomic mass is 10.0. The summed E-state index contributed by atoms with van der Waals surface area (Å²) in [6, 6.07) is 11.9. The van der Waals surface area contributed by atoms with Crippen LogP contribution in [0.25, 0.3) is 0 Å². The lowest BCUT2D eigenvalue weighted by Gasteiger charge is -2.20. The number of benzene rings is 2. The molecule has 28 heavy (non-hydrogen) atoms. The van der Waals surface area contributed by atoms with Gasteiger partial charge < -0.3 is 4.74 Å². The Labute approximate surface area is 166 Å². The summed E-state index contributed by atoms with van der Waals surface area (Å²) in [7, 11) is -3.89. The van der Waals surface area contributed by atoms with E-state index in [-0.39, 0.29) is 16.6 Å². The predicted molar refractivity (Wildman–Crippen MR) is 107 cm³/mol. The molecule has 2 rings (SSSR count). The highest BCUT2D eigenvalue weighted by atomic mass is 32.2. The number of rotatable bonds is 8. The zero-order valence-electron chi connectivity index (χ0n) is 16.4. The Morgan fingerprint density at radius 1 is 1.00 bits per heavy atom. The van der Waals surface area contributed by atoms with Gasteiger partial charge >= 0.3 is 5.97 Å². The molecule has 2 aromatic carbocycles. The number of carbonyl (C=O) groups excluding carboxylic acids is 2. The van der Waals surface area contributed by atoms with Gasteiger partial charge in [0.25, 0.3) is 0 Å². The minimum absolute atomic E-state index is 0.0552. The third-order valence-corrected chi connectivity index (χ3v) is 5.89. The van der Waals surface area contributed by atoms with Crippen molar-refractivity contribution in [3.63, 3.8) is 0 Å². The normalized spacial score (nSPS) is 12.6. The molecule has 0 aromatic heterocycles. The molecule has 0 spiro atoms. The van der Waals surface area contributed by atoms with Gasteiger partial charge in [-0.05, 0) is 49.1 Å². The van der Waals surface area contributed by atoms with Gasteiger partial charge in [-0.3, -0.25) is 9.59 Å². The van der Waals surface area contributed by atoms with Crippen LogP contribution in [0.15, 0.2) is 53.4 Å². The van der Waals surface area contributed by atoms with Crippen LogP contribution in [-0.2, 0) is 19.6 Å². The van der Waals surface area contributed by atoms with Crippen molar-refractivity contribution < 1.29 is 22.7 Å². The standard InChI is InChI=1S/C21H25NO5S/c1-14(2)20(22-28(25,26)18-8-6-5-7-9-18)21(24)27-13-19(23)17-11-10-15(3)16(4)12-17/h5-12,14,20,22H,13H2,1-4H3/t20-/m0/s1. The van der Waals surface area contributed by atoms with E-state index in [4.69, 9.17) is 4.74 Å². The Morgan fingerprint density at radius 3 is 2.21 bits per heavy atom. The Balaban J connectivity index is 2.06. The van der Waals surface area contributed by atoms with Crippen molar-refractivity contribution in [3.8, 4) is 0 Å². The number of ketones is 1. The molecule has 0 radical (unpaired) electrons. The fourth-order valence-corrected chi connectivity index (χ4v) is 3.87. The van der Waals surface area contributed by atoms with E-state index in [2.05, 4.69) is 4.72 Å². The van der Waals surface area contributed by atoms with Crippen molar-refractivity contribution in [2.75, 3.05) is 6.61 Å². The topological polar surface area (TPSA) is 89.5 Å². The highest BCUT2D eigenvalue weighted by Gasteiger charge is 2.30. The van der Waals surface area contributed by atoms with Crippen molar-refractivity contribution in [2.24, 2.45) is 5.92 Å². The fourth-order valence-electron chi connectivity index (χ4n) is 2.52. The van der Waals surface area contributed by atoms with Crippen molar-refractivity contribution in [1.29, 1.82) is 0 Å². The average Bonchev–Trinajstić information content (AvgIpc) is 2.66. The zero-order valence-corrected chi connectivity index (χ0v) is 17.2. The SMILES string of the molecule is Cc1ccc(C(=O)COC(=O)[C@@H](NS(=O)(=O)c2ccccc2)C(C)C)cc1C. The molecule has 0 heterocycles. The number of carbonyl (C=O) groups is 2. The monoisotopic (exact) mass is 403 g/mol. The summed E-state index contributed by atoms with van der Waals surface area (Å²) in [5, 5.41) is 0. The van der Waals surface area contributed by atoms with E-state index in [0.29, 0.717) is 5.56 Å². The molecule has 6 nitrogen and oxygen atoms in total. The molecule has 0 aliphatic heterocycles. The second-order valence-corrected chi connectivity index (χ2v) is 8.70. The van der Waals surface area contributed by atoms with Crippen molar-refractivity contribution in [3.05, 3.63) is 65.2 Å². The number of ether oxygens (including phenoxy) is 1. The zero-order chi connectivity index (χ0) is 20.9. The van der Waals surface area contributed by atoms with Gasteiger partial charge in [-0.25, -0.2) is 8.42 Å². The number of esters is 1. The number of Topliss-reactive ketones (excluding diaryl/α,β-unsaturated/α-hetero) is 1.